The molecule has 2 N–H and O–H groups in total. The molecule has 0 bridgehead atoms. The molecule has 0 radical (unpaired) electrons. The molecule has 1 aromatic rings. The van der Waals surface area contributed by atoms with Gasteiger partial charge in [0, 0.05) is 22.5 Å². The monoisotopic (exact) mass is 287 g/mol. The third kappa shape index (κ3) is 2.01. The Morgan fingerprint density at radius 3 is 3.00 bits per heavy atom. The van der Waals surface area contributed by atoms with Gasteiger partial charge < -0.3 is 10.4 Å². The van der Waals surface area contributed by atoms with Crippen LogP contribution in [0, 0.1) is 11.7 Å². The fraction of sp³-hybridized carbons (Fsp3) is 0.500. The summed E-state index contributed by atoms with van der Waals surface area (Å²) in [6, 6.07) is 4.72. The summed E-state index contributed by atoms with van der Waals surface area (Å²) in [5.41, 5.74) is -0.657. The summed E-state index contributed by atoms with van der Waals surface area (Å²) < 4.78 is 14.6. The molecule has 0 saturated carbocycles. The van der Waals surface area contributed by atoms with Gasteiger partial charge in [-0.1, -0.05) is 22.9 Å². The zero-order valence-electron chi connectivity index (χ0n) is 9.13. The third-order valence-electron chi connectivity index (χ3n) is 3.34. The third-order valence-corrected chi connectivity index (χ3v) is 3.84. The molecule has 4 heteroatoms. The van der Waals surface area contributed by atoms with E-state index in [9.17, 15) is 9.50 Å². The van der Waals surface area contributed by atoms with Gasteiger partial charge in [-0.05, 0) is 31.2 Å². The molecule has 1 aliphatic heterocycles. The number of rotatable bonds is 1. The lowest BCUT2D eigenvalue weighted by molar-refractivity contribution is -0.0420. The maximum atomic E-state index is 13.8. The van der Waals surface area contributed by atoms with Gasteiger partial charge in [0.1, 0.15) is 5.82 Å². The van der Waals surface area contributed by atoms with Crippen LogP contribution in [0.3, 0.4) is 0 Å². The summed E-state index contributed by atoms with van der Waals surface area (Å²) >= 11 is 3.31. The lowest BCUT2D eigenvalue weighted by Gasteiger charge is -2.39. The first-order valence-electron chi connectivity index (χ1n) is 5.42. The van der Waals surface area contributed by atoms with E-state index in [0.717, 1.165) is 4.47 Å². The first-order valence-corrected chi connectivity index (χ1v) is 6.22. The predicted octanol–water partition coefficient (Wildman–Crippen LogP) is 2.41. The molecule has 0 spiro atoms. The largest absolute Gasteiger partial charge is 0.385 e. The topological polar surface area (TPSA) is 32.3 Å². The molecule has 2 nitrogen and oxygen atoms in total. The van der Waals surface area contributed by atoms with E-state index in [4.69, 9.17) is 0 Å². The first kappa shape index (κ1) is 12.0. The van der Waals surface area contributed by atoms with Crippen LogP contribution >= 0.6 is 15.9 Å². The van der Waals surface area contributed by atoms with Crippen LogP contribution in [0.25, 0.3) is 0 Å². The molecule has 2 atom stereocenters. The Morgan fingerprint density at radius 1 is 1.56 bits per heavy atom. The van der Waals surface area contributed by atoms with Crippen molar-refractivity contribution in [3.05, 3.63) is 34.1 Å². The van der Waals surface area contributed by atoms with Crippen LogP contribution in [0.1, 0.15) is 18.9 Å². The fourth-order valence-electron chi connectivity index (χ4n) is 2.24. The zero-order chi connectivity index (χ0) is 11.8. The summed E-state index contributed by atoms with van der Waals surface area (Å²) in [6.07, 6.45) is 0.543. The number of nitrogens with one attached hydrogen (secondary N) is 1. The van der Waals surface area contributed by atoms with E-state index in [1.54, 1.807) is 12.1 Å². The Bertz CT molecular complexity index is 399. The van der Waals surface area contributed by atoms with Crippen LogP contribution < -0.4 is 5.32 Å². The van der Waals surface area contributed by atoms with Gasteiger partial charge in [0.2, 0.25) is 0 Å². The van der Waals surface area contributed by atoms with E-state index < -0.39 is 5.60 Å². The highest BCUT2D eigenvalue weighted by molar-refractivity contribution is 9.10. The van der Waals surface area contributed by atoms with E-state index in [1.807, 2.05) is 6.92 Å². The second-order valence-electron chi connectivity index (χ2n) is 4.40. The van der Waals surface area contributed by atoms with E-state index in [2.05, 4.69) is 21.2 Å². The summed E-state index contributed by atoms with van der Waals surface area (Å²) in [6.45, 7) is 3.36. The van der Waals surface area contributed by atoms with E-state index in [1.165, 1.54) is 6.07 Å². The molecule has 16 heavy (non-hydrogen) atoms. The lowest BCUT2D eigenvalue weighted by Crippen LogP contribution is -2.47. The maximum Gasteiger partial charge on any atom is 0.129 e. The van der Waals surface area contributed by atoms with Crippen LogP contribution in [0.5, 0.6) is 0 Å². The summed E-state index contributed by atoms with van der Waals surface area (Å²) in [5.74, 6) is -0.329. The van der Waals surface area contributed by atoms with Gasteiger partial charge in [-0.2, -0.15) is 0 Å². The molecule has 1 aromatic carbocycles. The van der Waals surface area contributed by atoms with Gasteiger partial charge >= 0.3 is 0 Å². The molecule has 88 valence electrons. The van der Waals surface area contributed by atoms with Gasteiger partial charge in [0.05, 0.1) is 5.60 Å². The minimum Gasteiger partial charge on any atom is -0.385 e. The number of aliphatic hydroxyl groups is 1. The van der Waals surface area contributed by atoms with Crippen molar-refractivity contribution in [1.82, 2.24) is 5.32 Å². The minimum atomic E-state index is -1.06. The molecule has 0 aromatic heterocycles. The average Bonchev–Trinajstić information content (AvgIpc) is 2.26. The molecule has 2 rings (SSSR count). The molecule has 0 aliphatic carbocycles. The van der Waals surface area contributed by atoms with Gasteiger partial charge in [0.25, 0.3) is 0 Å². The quantitative estimate of drug-likeness (QED) is 0.831. The molecule has 0 amide bonds. The van der Waals surface area contributed by atoms with Crippen molar-refractivity contribution in [3.8, 4) is 0 Å². The number of halogens is 2. The normalized spacial score (nSPS) is 30.4. The number of hydrogen-bond donors (Lipinski definition) is 2. The highest BCUT2D eigenvalue weighted by atomic mass is 79.9. The van der Waals surface area contributed by atoms with Crippen LogP contribution in [0.4, 0.5) is 4.39 Å². The SMILES string of the molecule is CC1CNCCC1(O)c1cc(Br)ccc1F. The average molecular weight is 288 g/mol. The van der Waals surface area contributed by atoms with Gasteiger partial charge in [-0.25, -0.2) is 4.39 Å². The summed E-state index contributed by atoms with van der Waals surface area (Å²) in [4.78, 5) is 0. The summed E-state index contributed by atoms with van der Waals surface area (Å²) in [7, 11) is 0. The first-order chi connectivity index (χ1) is 7.54. The van der Waals surface area contributed by atoms with Crippen LogP contribution in [0.2, 0.25) is 0 Å². The van der Waals surface area contributed by atoms with Gasteiger partial charge in [-0.3, -0.25) is 0 Å². The standard InChI is InChI=1S/C12H15BrFNO/c1-8-7-15-5-4-12(8,16)10-6-9(13)2-3-11(10)14/h2-3,6,8,15-16H,4-5,7H2,1H3. The second kappa shape index (κ2) is 4.43. The molecule has 1 saturated heterocycles. The van der Waals surface area contributed by atoms with Gasteiger partial charge in [-0.15, -0.1) is 0 Å². The number of benzene rings is 1. The molecular formula is C12H15BrFNO. The Labute approximate surface area is 103 Å². The highest BCUT2D eigenvalue weighted by Crippen LogP contribution is 2.37. The zero-order valence-corrected chi connectivity index (χ0v) is 10.7. The number of hydrogen-bond acceptors (Lipinski definition) is 2. The van der Waals surface area contributed by atoms with Crippen molar-refractivity contribution in [1.29, 1.82) is 0 Å². The fourth-order valence-corrected chi connectivity index (χ4v) is 2.60. The molecule has 1 aliphatic rings. The van der Waals surface area contributed by atoms with Crippen molar-refractivity contribution < 1.29 is 9.50 Å². The van der Waals surface area contributed by atoms with E-state index >= 15 is 0 Å². The smallest absolute Gasteiger partial charge is 0.129 e. The number of piperidine rings is 1. The molecule has 1 fully saturated rings. The van der Waals surface area contributed by atoms with E-state index in [0.29, 0.717) is 25.1 Å². The lowest BCUT2D eigenvalue weighted by atomic mass is 9.77. The highest BCUT2D eigenvalue weighted by Gasteiger charge is 2.39. The van der Waals surface area contributed by atoms with Crippen LogP contribution in [-0.4, -0.2) is 18.2 Å². The van der Waals surface area contributed by atoms with Gasteiger partial charge in [0.15, 0.2) is 0 Å². The Morgan fingerprint density at radius 2 is 2.31 bits per heavy atom. The molecular weight excluding hydrogens is 273 g/mol. The Balaban J connectivity index is 2.44. The van der Waals surface area contributed by atoms with Crippen molar-refractivity contribution >= 4 is 15.9 Å². The Kier molecular flexibility index (Phi) is 3.33. The Hall–Kier alpha value is -0.450. The maximum absolute atomic E-state index is 13.8. The predicted molar refractivity (Wildman–Crippen MR) is 64.6 cm³/mol. The minimum absolute atomic E-state index is 0.00468. The molecule has 1 heterocycles. The molecule has 2 unspecified atom stereocenters. The van der Waals surface area contributed by atoms with Crippen LogP contribution in [0.15, 0.2) is 22.7 Å². The van der Waals surface area contributed by atoms with Crippen molar-refractivity contribution in [2.24, 2.45) is 5.92 Å². The second-order valence-corrected chi connectivity index (χ2v) is 5.32. The van der Waals surface area contributed by atoms with Crippen molar-refractivity contribution in [2.75, 3.05) is 13.1 Å². The summed E-state index contributed by atoms with van der Waals surface area (Å²) in [5, 5.41) is 13.8. The van der Waals surface area contributed by atoms with Crippen molar-refractivity contribution in [3.63, 3.8) is 0 Å². The van der Waals surface area contributed by atoms with E-state index in [-0.39, 0.29) is 11.7 Å². The van der Waals surface area contributed by atoms with Crippen LogP contribution in [-0.2, 0) is 5.60 Å². The van der Waals surface area contributed by atoms with Crippen molar-refractivity contribution in [2.45, 2.75) is 18.9 Å².